The number of hydrogen-bond donors (Lipinski definition) is 0. The summed E-state index contributed by atoms with van der Waals surface area (Å²) in [5.74, 6) is 0.929. The number of aryl methyl sites for hydroxylation is 2. The Balaban J connectivity index is 1.45. The Kier molecular flexibility index (Phi) is 5.23. The second-order valence-corrected chi connectivity index (χ2v) is 8.14. The number of hydrogen-bond acceptors (Lipinski definition) is 7. The van der Waals surface area contributed by atoms with E-state index >= 15 is 0 Å². The zero-order valence-corrected chi connectivity index (χ0v) is 17.1. The van der Waals surface area contributed by atoms with Crippen LogP contribution in [0.1, 0.15) is 43.5 Å². The third-order valence-electron chi connectivity index (χ3n) is 5.18. The van der Waals surface area contributed by atoms with Crippen molar-refractivity contribution in [2.24, 2.45) is 0 Å². The Labute approximate surface area is 168 Å². The predicted molar refractivity (Wildman–Crippen MR) is 106 cm³/mol. The maximum atomic E-state index is 13.0. The lowest BCUT2D eigenvalue weighted by Crippen LogP contribution is -2.32. The second kappa shape index (κ2) is 7.81. The van der Waals surface area contributed by atoms with Gasteiger partial charge in [0.1, 0.15) is 5.76 Å². The first-order valence-corrected chi connectivity index (χ1v) is 10.1. The van der Waals surface area contributed by atoms with Gasteiger partial charge in [-0.3, -0.25) is 19.7 Å². The van der Waals surface area contributed by atoms with Crippen LogP contribution in [-0.4, -0.2) is 44.4 Å². The van der Waals surface area contributed by atoms with Crippen LogP contribution in [0.15, 0.2) is 28.5 Å². The number of nitrogens with zero attached hydrogens (tertiary/aromatic N) is 5. The molecule has 0 saturated carbocycles. The first-order valence-electron chi connectivity index (χ1n) is 9.26. The molecule has 0 saturated heterocycles. The average Bonchev–Trinajstić information content (AvgIpc) is 3.26. The van der Waals surface area contributed by atoms with Crippen LogP contribution in [0.3, 0.4) is 0 Å². The molecule has 0 fully saturated rings. The van der Waals surface area contributed by atoms with E-state index < -0.39 is 0 Å². The molecule has 28 heavy (non-hydrogen) atoms. The quantitative estimate of drug-likeness (QED) is 0.659. The van der Waals surface area contributed by atoms with Gasteiger partial charge in [-0.25, -0.2) is 0 Å². The van der Waals surface area contributed by atoms with Gasteiger partial charge in [-0.15, -0.1) is 11.3 Å². The van der Waals surface area contributed by atoms with Gasteiger partial charge >= 0.3 is 0 Å². The lowest BCUT2D eigenvalue weighted by molar-refractivity contribution is 0.0782. The second-order valence-electron chi connectivity index (χ2n) is 7.17. The Bertz CT molecular complexity index is 962. The van der Waals surface area contributed by atoms with Gasteiger partial charge in [0.2, 0.25) is 0 Å². The van der Waals surface area contributed by atoms with E-state index in [-0.39, 0.29) is 5.91 Å². The molecule has 1 aliphatic heterocycles. The zero-order chi connectivity index (χ0) is 19.7. The highest BCUT2D eigenvalue weighted by molar-refractivity contribution is 7.10. The maximum Gasteiger partial charge on any atom is 0.255 e. The summed E-state index contributed by atoms with van der Waals surface area (Å²) >= 11 is 1.67. The van der Waals surface area contributed by atoms with Crippen molar-refractivity contribution in [3.8, 4) is 0 Å². The summed E-state index contributed by atoms with van der Waals surface area (Å²) in [6, 6.07) is 0. The van der Waals surface area contributed by atoms with Crippen LogP contribution < -0.4 is 0 Å². The largest absolute Gasteiger partial charge is 0.361 e. The molecule has 8 heteroatoms. The summed E-state index contributed by atoms with van der Waals surface area (Å²) < 4.78 is 5.28. The molecule has 3 aromatic heterocycles. The van der Waals surface area contributed by atoms with E-state index in [0.717, 1.165) is 48.8 Å². The monoisotopic (exact) mass is 397 g/mol. The number of rotatable bonds is 5. The fraction of sp³-hybridized carbons (Fsp3) is 0.400. The van der Waals surface area contributed by atoms with Gasteiger partial charge in [-0.2, -0.15) is 0 Å². The molecular weight excluding hydrogens is 374 g/mol. The van der Waals surface area contributed by atoms with Gasteiger partial charge in [0.15, 0.2) is 0 Å². The minimum atomic E-state index is 0.0438. The van der Waals surface area contributed by atoms with Crippen molar-refractivity contribution in [1.29, 1.82) is 0 Å². The summed E-state index contributed by atoms with van der Waals surface area (Å²) in [7, 11) is 1.81. The number of carbonyl (C=O) groups is 1. The van der Waals surface area contributed by atoms with Crippen molar-refractivity contribution in [2.75, 3.05) is 13.6 Å². The fourth-order valence-electron chi connectivity index (χ4n) is 3.58. The summed E-state index contributed by atoms with van der Waals surface area (Å²) in [5, 5.41) is 6.05. The highest BCUT2D eigenvalue weighted by Gasteiger charge is 2.26. The third kappa shape index (κ3) is 3.70. The van der Waals surface area contributed by atoms with Crippen LogP contribution in [0, 0.1) is 13.8 Å². The first-order chi connectivity index (χ1) is 13.5. The minimum absolute atomic E-state index is 0.0438. The van der Waals surface area contributed by atoms with Gasteiger partial charge in [0.25, 0.3) is 5.91 Å². The third-order valence-corrected chi connectivity index (χ3v) is 6.20. The topological polar surface area (TPSA) is 75.4 Å². The van der Waals surface area contributed by atoms with Crippen molar-refractivity contribution in [3.63, 3.8) is 0 Å². The molecule has 0 spiro atoms. The number of carbonyl (C=O) groups excluding carboxylic acids is 1. The van der Waals surface area contributed by atoms with E-state index in [1.165, 1.54) is 16.0 Å². The van der Waals surface area contributed by atoms with E-state index in [0.29, 0.717) is 6.54 Å². The lowest BCUT2D eigenvalue weighted by Gasteiger charge is -2.27. The fourth-order valence-corrected chi connectivity index (χ4v) is 4.69. The molecule has 3 aromatic rings. The number of aromatic nitrogens is 3. The molecule has 0 radical (unpaired) electrons. The molecular formula is C20H23N5O2S. The zero-order valence-electron chi connectivity index (χ0n) is 16.3. The van der Waals surface area contributed by atoms with Crippen molar-refractivity contribution in [1.82, 2.24) is 24.9 Å². The smallest absolute Gasteiger partial charge is 0.255 e. The molecule has 4 rings (SSSR count). The predicted octanol–water partition coefficient (Wildman–Crippen LogP) is 2.97. The Morgan fingerprint density at radius 2 is 2.21 bits per heavy atom. The molecule has 0 unspecified atom stereocenters. The van der Waals surface area contributed by atoms with Gasteiger partial charge in [-0.1, -0.05) is 5.16 Å². The highest BCUT2D eigenvalue weighted by atomic mass is 32.1. The van der Waals surface area contributed by atoms with E-state index in [1.807, 2.05) is 26.3 Å². The Morgan fingerprint density at radius 1 is 1.36 bits per heavy atom. The SMILES string of the molecule is Cc1noc(C)c1CN1CCc2c(C(=O)N(C)Cc3cnccn3)csc2C1. The van der Waals surface area contributed by atoms with Crippen LogP contribution in [0.4, 0.5) is 0 Å². The van der Waals surface area contributed by atoms with E-state index in [4.69, 9.17) is 4.52 Å². The molecule has 0 aliphatic carbocycles. The minimum Gasteiger partial charge on any atom is -0.361 e. The summed E-state index contributed by atoms with van der Waals surface area (Å²) in [5.41, 5.74) is 4.92. The standard InChI is InChI=1S/C20H23N5O2S/c1-13-17(14(2)27-23-13)10-25-7-4-16-18(12-28-19(16)11-25)20(26)24(3)9-15-8-21-5-6-22-15/h5-6,8,12H,4,7,9-11H2,1-3H3. The van der Waals surface area contributed by atoms with E-state index in [2.05, 4.69) is 20.0 Å². The van der Waals surface area contributed by atoms with Gasteiger partial charge in [-0.05, 0) is 25.8 Å². The summed E-state index contributed by atoms with van der Waals surface area (Å²) in [6.45, 7) is 6.99. The first kappa shape index (κ1) is 18.8. The molecule has 4 heterocycles. The lowest BCUT2D eigenvalue weighted by atomic mass is 10.0. The number of amides is 1. The van der Waals surface area contributed by atoms with Crippen LogP contribution in [-0.2, 0) is 26.1 Å². The van der Waals surface area contributed by atoms with Crippen molar-refractivity contribution < 1.29 is 9.32 Å². The van der Waals surface area contributed by atoms with Crippen LogP contribution in [0.2, 0.25) is 0 Å². The summed E-state index contributed by atoms with van der Waals surface area (Å²) in [4.78, 5) is 26.7. The van der Waals surface area contributed by atoms with E-state index in [9.17, 15) is 4.79 Å². The molecule has 1 amide bonds. The maximum absolute atomic E-state index is 13.0. The van der Waals surface area contributed by atoms with Crippen LogP contribution >= 0.6 is 11.3 Å². The molecule has 0 atom stereocenters. The van der Waals surface area contributed by atoms with Crippen molar-refractivity contribution >= 4 is 17.2 Å². The Hall–Kier alpha value is -2.58. The van der Waals surface area contributed by atoms with Crippen molar-refractivity contribution in [3.05, 3.63) is 62.7 Å². The average molecular weight is 398 g/mol. The number of thiophene rings is 1. The van der Waals surface area contributed by atoms with Gasteiger partial charge in [0, 0.05) is 54.9 Å². The molecule has 0 aromatic carbocycles. The van der Waals surface area contributed by atoms with Crippen LogP contribution in [0.25, 0.3) is 0 Å². The molecule has 0 bridgehead atoms. The molecule has 1 aliphatic rings. The van der Waals surface area contributed by atoms with Crippen molar-refractivity contribution in [2.45, 2.75) is 39.9 Å². The molecule has 0 N–H and O–H groups in total. The molecule has 7 nitrogen and oxygen atoms in total. The highest BCUT2D eigenvalue weighted by Crippen LogP contribution is 2.31. The normalized spacial score (nSPS) is 14.1. The Morgan fingerprint density at radius 3 is 2.93 bits per heavy atom. The van der Waals surface area contributed by atoms with Gasteiger partial charge < -0.3 is 9.42 Å². The number of fused-ring (bicyclic) bond motifs is 1. The van der Waals surface area contributed by atoms with E-state index in [1.54, 1.807) is 34.8 Å². The van der Waals surface area contributed by atoms with Gasteiger partial charge in [0.05, 0.1) is 29.7 Å². The summed E-state index contributed by atoms with van der Waals surface area (Å²) in [6.07, 6.45) is 5.85. The molecule has 146 valence electrons. The van der Waals surface area contributed by atoms with Crippen LogP contribution in [0.5, 0.6) is 0 Å².